The molecule has 0 unspecified atom stereocenters. The van der Waals surface area contributed by atoms with Gasteiger partial charge >= 0.3 is 5.97 Å². The van der Waals surface area contributed by atoms with E-state index in [1.807, 2.05) is 0 Å². The first-order valence-electron chi connectivity index (χ1n) is 4.96. The summed E-state index contributed by atoms with van der Waals surface area (Å²) >= 11 is 0. The number of rotatable bonds is 3. The minimum absolute atomic E-state index is 0.0369. The summed E-state index contributed by atoms with van der Waals surface area (Å²) in [5.74, 6) is -0.152. The first-order valence-corrected chi connectivity index (χ1v) is 4.96. The van der Waals surface area contributed by atoms with Crippen LogP contribution in [0.15, 0.2) is 48.5 Å². The highest BCUT2D eigenvalue weighted by Crippen LogP contribution is 2.29. The number of phenolic OH excluding ortho intramolecular Hbond substituents is 1. The Morgan fingerprint density at radius 3 is 2.24 bits per heavy atom. The zero-order valence-corrected chi connectivity index (χ0v) is 8.83. The van der Waals surface area contributed by atoms with Crippen LogP contribution in [0.25, 0.3) is 0 Å². The van der Waals surface area contributed by atoms with E-state index in [2.05, 4.69) is 0 Å². The van der Waals surface area contributed by atoms with Crippen molar-refractivity contribution in [2.24, 2.45) is 0 Å². The summed E-state index contributed by atoms with van der Waals surface area (Å²) in [6.07, 6.45) is 0. The van der Waals surface area contributed by atoms with Gasteiger partial charge in [-0.25, -0.2) is 4.79 Å². The van der Waals surface area contributed by atoms with Crippen LogP contribution in [0.4, 0.5) is 0 Å². The van der Waals surface area contributed by atoms with Gasteiger partial charge in [0.25, 0.3) is 0 Å². The summed E-state index contributed by atoms with van der Waals surface area (Å²) in [5, 5.41) is 18.2. The molecule has 0 aliphatic heterocycles. The van der Waals surface area contributed by atoms with E-state index in [0.29, 0.717) is 11.5 Å². The fourth-order valence-electron chi connectivity index (χ4n) is 1.34. The predicted molar refractivity (Wildman–Crippen MR) is 61.6 cm³/mol. The van der Waals surface area contributed by atoms with Crippen molar-refractivity contribution >= 4 is 5.97 Å². The summed E-state index contributed by atoms with van der Waals surface area (Å²) in [4.78, 5) is 10.6. The van der Waals surface area contributed by atoms with Crippen LogP contribution in [0, 0.1) is 0 Å². The molecule has 0 aromatic heterocycles. The standard InChI is InChI=1S/C13H10O4/c14-11-3-1-2-4-12(11)17-10-7-5-9(6-8-10)13(15)16/h1-8,14H,(H,15,16). The molecule has 0 amide bonds. The van der Waals surface area contributed by atoms with Crippen molar-refractivity contribution in [2.45, 2.75) is 0 Å². The molecule has 0 radical (unpaired) electrons. The van der Waals surface area contributed by atoms with Crippen molar-refractivity contribution < 1.29 is 19.7 Å². The Balaban J connectivity index is 2.20. The number of phenols is 1. The van der Waals surface area contributed by atoms with Gasteiger partial charge < -0.3 is 14.9 Å². The van der Waals surface area contributed by atoms with Crippen molar-refractivity contribution in [3.05, 3.63) is 54.1 Å². The second-order valence-electron chi connectivity index (χ2n) is 3.40. The Kier molecular flexibility index (Phi) is 2.96. The summed E-state index contributed by atoms with van der Waals surface area (Å²) < 4.78 is 5.40. The van der Waals surface area contributed by atoms with E-state index in [-0.39, 0.29) is 11.3 Å². The average molecular weight is 230 g/mol. The van der Waals surface area contributed by atoms with Crippen LogP contribution in [0.5, 0.6) is 17.2 Å². The molecule has 4 nitrogen and oxygen atoms in total. The van der Waals surface area contributed by atoms with Crippen LogP contribution in [0.1, 0.15) is 10.4 Å². The van der Waals surface area contributed by atoms with E-state index >= 15 is 0 Å². The molecule has 2 N–H and O–H groups in total. The molecule has 0 heterocycles. The van der Waals surface area contributed by atoms with Crippen LogP contribution in [0.2, 0.25) is 0 Å². The molecule has 0 saturated carbocycles. The minimum atomic E-state index is -0.987. The Labute approximate surface area is 97.7 Å². The van der Waals surface area contributed by atoms with Crippen LogP contribution >= 0.6 is 0 Å². The van der Waals surface area contributed by atoms with Gasteiger partial charge in [-0.1, -0.05) is 12.1 Å². The second kappa shape index (κ2) is 4.57. The third kappa shape index (κ3) is 2.55. The number of hydrogen-bond acceptors (Lipinski definition) is 3. The lowest BCUT2D eigenvalue weighted by atomic mass is 10.2. The van der Waals surface area contributed by atoms with E-state index in [1.54, 1.807) is 18.2 Å². The quantitative estimate of drug-likeness (QED) is 0.850. The number of ether oxygens (including phenoxy) is 1. The Morgan fingerprint density at radius 2 is 1.65 bits per heavy atom. The minimum Gasteiger partial charge on any atom is -0.504 e. The van der Waals surface area contributed by atoms with Crippen molar-refractivity contribution in [1.29, 1.82) is 0 Å². The summed E-state index contributed by atoms with van der Waals surface area (Å²) in [5.41, 5.74) is 0.189. The average Bonchev–Trinajstić information content (AvgIpc) is 2.33. The van der Waals surface area contributed by atoms with Crippen LogP contribution in [-0.2, 0) is 0 Å². The number of carboxylic acids is 1. The molecule has 0 aliphatic rings. The molecule has 0 spiro atoms. The molecule has 0 bridgehead atoms. The monoisotopic (exact) mass is 230 g/mol. The molecular formula is C13H10O4. The highest BCUT2D eigenvalue weighted by molar-refractivity contribution is 5.87. The van der Waals surface area contributed by atoms with Gasteiger partial charge in [0.05, 0.1) is 5.56 Å². The first-order chi connectivity index (χ1) is 8.16. The van der Waals surface area contributed by atoms with Crippen LogP contribution < -0.4 is 4.74 Å². The fraction of sp³-hybridized carbons (Fsp3) is 0. The van der Waals surface area contributed by atoms with Crippen molar-refractivity contribution in [3.8, 4) is 17.2 Å². The van der Waals surface area contributed by atoms with Crippen molar-refractivity contribution in [2.75, 3.05) is 0 Å². The van der Waals surface area contributed by atoms with Gasteiger partial charge in [0, 0.05) is 0 Å². The maximum Gasteiger partial charge on any atom is 0.335 e. The molecule has 0 aliphatic carbocycles. The van der Waals surface area contributed by atoms with E-state index in [1.165, 1.54) is 30.3 Å². The summed E-state index contributed by atoms with van der Waals surface area (Å²) in [6.45, 7) is 0. The number of hydrogen-bond donors (Lipinski definition) is 2. The lowest BCUT2D eigenvalue weighted by Gasteiger charge is -2.07. The van der Waals surface area contributed by atoms with E-state index in [4.69, 9.17) is 9.84 Å². The van der Waals surface area contributed by atoms with Gasteiger partial charge in [0.2, 0.25) is 0 Å². The topological polar surface area (TPSA) is 66.8 Å². The fourth-order valence-corrected chi connectivity index (χ4v) is 1.34. The number of carboxylic acid groups (broad SMARTS) is 1. The lowest BCUT2D eigenvalue weighted by Crippen LogP contribution is -1.95. The van der Waals surface area contributed by atoms with Crippen LogP contribution in [0.3, 0.4) is 0 Å². The molecule has 2 aromatic rings. The Bertz CT molecular complexity index is 531. The zero-order chi connectivity index (χ0) is 12.3. The van der Waals surface area contributed by atoms with Crippen molar-refractivity contribution in [3.63, 3.8) is 0 Å². The number of carbonyl (C=O) groups is 1. The van der Waals surface area contributed by atoms with E-state index in [9.17, 15) is 9.90 Å². The zero-order valence-electron chi connectivity index (χ0n) is 8.83. The highest BCUT2D eigenvalue weighted by atomic mass is 16.5. The normalized spacial score (nSPS) is 9.88. The molecule has 86 valence electrons. The van der Waals surface area contributed by atoms with E-state index in [0.717, 1.165) is 0 Å². The lowest BCUT2D eigenvalue weighted by molar-refractivity contribution is 0.0697. The number of aromatic carboxylic acids is 1. The SMILES string of the molecule is O=C(O)c1ccc(Oc2ccccc2O)cc1. The largest absolute Gasteiger partial charge is 0.504 e. The summed E-state index contributed by atoms with van der Waals surface area (Å²) in [7, 11) is 0. The maximum atomic E-state index is 10.6. The third-order valence-corrected chi connectivity index (χ3v) is 2.19. The molecule has 2 rings (SSSR count). The molecule has 17 heavy (non-hydrogen) atoms. The van der Waals surface area contributed by atoms with Gasteiger partial charge in [-0.15, -0.1) is 0 Å². The highest BCUT2D eigenvalue weighted by Gasteiger charge is 2.04. The Morgan fingerprint density at radius 1 is 1.00 bits per heavy atom. The number of aromatic hydroxyl groups is 1. The van der Waals surface area contributed by atoms with Gasteiger partial charge in [0.15, 0.2) is 11.5 Å². The first kappa shape index (κ1) is 11.0. The molecule has 2 aromatic carbocycles. The molecule has 0 fully saturated rings. The van der Waals surface area contributed by atoms with Crippen molar-refractivity contribution in [1.82, 2.24) is 0 Å². The van der Waals surface area contributed by atoms with E-state index < -0.39 is 5.97 Å². The molecule has 4 heteroatoms. The number of para-hydroxylation sites is 2. The predicted octanol–water partition coefficient (Wildman–Crippen LogP) is 2.88. The summed E-state index contributed by atoms with van der Waals surface area (Å²) in [6, 6.07) is 12.5. The van der Waals surface area contributed by atoms with Crippen LogP contribution in [-0.4, -0.2) is 16.2 Å². The molecule has 0 saturated heterocycles. The second-order valence-corrected chi connectivity index (χ2v) is 3.40. The molecular weight excluding hydrogens is 220 g/mol. The van der Waals surface area contributed by atoms with Gasteiger partial charge in [0.1, 0.15) is 5.75 Å². The number of benzene rings is 2. The third-order valence-electron chi connectivity index (χ3n) is 2.19. The van der Waals surface area contributed by atoms with Gasteiger partial charge in [-0.3, -0.25) is 0 Å². The molecule has 0 atom stereocenters. The van der Waals surface area contributed by atoms with Gasteiger partial charge in [-0.2, -0.15) is 0 Å². The maximum absolute atomic E-state index is 10.6. The smallest absolute Gasteiger partial charge is 0.335 e. The van der Waals surface area contributed by atoms with Gasteiger partial charge in [-0.05, 0) is 36.4 Å². The Hall–Kier alpha value is -2.49.